The summed E-state index contributed by atoms with van der Waals surface area (Å²) in [5.41, 5.74) is 2.44. The predicted octanol–water partition coefficient (Wildman–Crippen LogP) is 18.5. The Hall–Kier alpha value is -1.88. The van der Waals surface area contributed by atoms with E-state index in [1.807, 2.05) is 31.2 Å². The Morgan fingerprint density at radius 2 is 1.13 bits per heavy atom. The van der Waals surface area contributed by atoms with Gasteiger partial charge in [0.2, 0.25) is 0 Å². The summed E-state index contributed by atoms with van der Waals surface area (Å²) in [7, 11) is -7.23. The molecule has 8 nitrogen and oxygen atoms in total. The quantitative estimate of drug-likeness (QED) is 0.0373. The molecule has 1 heterocycles. The molecule has 1 saturated heterocycles. The van der Waals surface area contributed by atoms with Gasteiger partial charge in [0.1, 0.15) is 11.9 Å². The highest BCUT2D eigenvalue weighted by Gasteiger charge is 2.50. The second-order valence-corrected chi connectivity index (χ2v) is 48.6. The van der Waals surface area contributed by atoms with E-state index >= 15 is 0 Å². The average molecular weight is 1130 g/mol. The average Bonchev–Trinajstić information content (AvgIpc) is 3.27. The minimum Gasteiger partial charge on any atom is -0.497 e. The molecule has 438 valence electrons. The number of hydrogen-bond donors (Lipinski definition) is 0. The van der Waals surface area contributed by atoms with Crippen molar-refractivity contribution in [2.45, 2.75) is 267 Å². The van der Waals surface area contributed by atoms with Crippen molar-refractivity contribution in [2.24, 2.45) is 41.4 Å². The highest BCUT2D eigenvalue weighted by atomic mass is 28.4. The SMILES string of the molecule is C=C/C=C\[C@@H](C)[C@@H](OCc1ccc(OC)cc1)[C@@H](C)[C@H](O[Si](C)(C)C(C)(C)C)[C@@H](C)C/C(C)=C\[C@H](C)[C@@H](O[Si](C)(C)C(C)(C)C)[C@@H](C)/C=C\[C@H](C[C@@H]1OC(=O)[C@H](C)[C@@H](O[Si](C)(C)C(C)(C)C)[C@H]1C)O[Si](C)(C)C(C)(C)C. The van der Waals surface area contributed by atoms with E-state index in [9.17, 15) is 4.79 Å². The van der Waals surface area contributed by atoms with E-state index in [0.29, 0.717) is 13.0 Å². The van der Waals surface area contributed by atoms with Crippen LogP contribution in [0.3, 0.4) is 0 Å². The number of methoxy groups -OCH3 is 1. The van der Waals surface area contributed by atoms with Gasteiger partial charge in [-0.15, -0.1) is 0 Å². The lowest BCUT2D eigenvalue weighted by Crippen LogP contribution is -2.55. The van der Waals surface area contributed by atoms with Crippen molar-refractivity contribution in [3.63, 3.8) is 0 Å². The van der Waals surface area contributed by atoms with Crippen LogP contribution in [0.25, 0.3) is 0 Å². The van der Waals surface area contributed by atoms with Crippen molar-refractivity contribution < 1.29 is 36.7 Å². The first-order chi connectivity index (χ1) is 34.3. The minimum atomic E-state index is -2.27. The van der Waals surface area contributed by atoms with Crippen LogP contribution in [0.1, 0.15) is 157 Å². The van der Waals surface area contributed by atoms with Crippen molar-refractivity contribution in [3.05, 3.63) is 78.4 Å². The summed E-state index contributed by atoms with van der Waals surface area (Å²) in [5.74, 6) is 0.900. The van der Waals surface area contributed by atoms with Crippen molar-refractivity contribution in [1.29, 1.82) is 0 Å². The summed E-state index contributed by atoms with van der Waals surface area (Å²) in [6.07, 6.45) is 13.6. The summed E-state index contributed by atoms with van der Waals surface area (Å²) >= 11 is 0. The number of cyclic esters (lactones) is 1. The summed E-state index contributed by atoms with van der Waals surface area (Å²) in [4.78, 5) is 13.7. The Kier molecular flexibility index (Phi) is 25.6. The molecule has 13 atom stereocenters. The molecule has 0 unspecified atom stereocenters. The molecule has 76 heavy (non-hydrogen) atoms. The van der Waals surface area contributed by atoms with Gasteiger partial charge < -0.3 is 31.9 Å². The lowest BCUT2D eigenvalue weighted by molar-refractivity contribution is -0.177. The highest BCUT2D eigenvalue weighted by Crippen LogP contribution is 2.45. The predicted molar refractivity (Wildman–Crippen MR) is 335 cm³/mol. The van der Waals surface area contributed by atoms with E-state index in [1.165, 1.54) is 5.57 Å². The monoisotopic (exact) mass is 1130 g/mol. The molecular formula is C64H118O8Si4. The van der Waals surface area contributed by atoms with Crippen LogP contribution in [0.2, 0.25) is 72.5 Å². The van der Waals surface area contributed by atoms with Gasteiger partial charge >= 0.3 is 5.97 Å². The zero-order chi connectivity index (χ0) is 59.0. The first kappa shape index (κ1) is 70.2. The zero-order valence-corrected chi connectivity index (χ0v) is 58.4. The number of carbonyl (C=O) groups excluding carboxylic acids is 1. The van der Waals surface area contributed by atoms with E-state index in [1.54, 1.807) is 7.11 Å². The summed E-state index contributed by atoms with van der Waals surface area (Å²) < 4.78 is 48.2. The summed E-state index contributed by atoms with van der Waals surface area (Å²) in [6, 6.07) is 8.17. The van der Waals surface area contributed by atoms with Gasteiger partial charge in [-0.25, -0.2) is 0 Å². The number of esters is 1. The van der Waals surface area contributed by atoms with Crippen LogP contribution in [-0.4, -0.2) is 83.0 Å². The second-order valence-electron chi connectivity index (χ2n) is 29.6. The molecule has 0 N–H and O–H groups in total. The van der Waals surface area contributed by atoms with Crippen LogP contribution in [0, 0.1) is 41.4 Å². The molecule has 0 aliphatic carbocycles. The molecule has 12 heteroatoms. The zero-order valence-electron chi connectivity index (χ0n) is 54.4. The van der Waals surface area contributed by atoms with Crippen molar-refractivity contribution in [3.8, 4) is 5.75 Å². The smallest absolute Gasteiger partial charge is 0.311 e. The number of rotatable bonds is 27. The molecule has 0 saturated carbocycles. The molecule has 1 fully saturated rings. The third-order valence-electron chi connectivity index (χ3n) is 18.8. The molecule has 1 aromatic carbocycles. The maximum absolute atomic E-state index is 13.7. The lowest BCUT2D eigenvalue weighted by atomic mass is 9.81. The van der Waals surface area contributed by atoms with Gasteiger partial charge in [-0.1, -0.05) is 185 Å². The van der Waals surface area contributed by atoms with Crippen LogP contribution in [-0.2, 0) is 38.6 Å². The number of allylic oxidation sites excluding steroid dienone is 3. The Morgan fingerprint density at radius 1 is 0.658 bits per heavy atom. The molecule has 2 rings (SSSR count). The maximum Gasteiger partial charge on any atom is 0.311 e. The highest BCUT2D eigenvalue weighted by molar-refractivity contribution is 6.75. The standard InChI is InChI=1S/C64H118O8Si4/c1-31-32-33-45(3)57(67-43-52-35-38-53(66-22)39-36-52)50(8)58(71-75(27,28)63(16,17)18)48(6)41-44(2)40-47(5)56(70-74(25,26)62(13,14)15)46(4)34-37-54(69-73(23,24)61(10,11)12)42-55-49(7)59(51(9)60(65)68-55)72-76(29,30)64(19,20)21/h31-40,45-51,54-59H,1,41-43H2,2-30H3/b33-32-,37-34-,44-40-/t45-,46+,47+,48+,49+,50-,51-,54-,55+,56+,57-,58-,59+/m1/s1. The van der Waals surface area contributed by atoms with Crippen molar-refractivity contribution >= 4 is 39.2 Å². The van der Waals surface area contributed by atoms with Gasteiger partial charge in [-0.3, -0.25) is 4.79 Å². The Bertz CT molecular complexity index is 2050. The van der Waals surface area contributed by atoms with Crippen LogP contribution >= 0.6 is 0 Å². The van der Waals surface area contributed by atoms with E-state index < -0.39 is 33.3 Å². The third kappa shape index (κ3) is 19.7. The largest absolute Gasteiger partial charge is 0.497 e. The van der Waals surface area contributed by atoms with Crippen molar-refractivity contribution in [2.75, 3.05) is 7.11 Å². The topological polar surface area (TPSA) is 81.7 Å². The fourth-order valence-corrected chi connectivity index (χ4v) is 15.1. The van der Waals surface area contributed by atoms with E-state index in [0.717, 1.165) is 17.7 Å². The van der Waals surface area contributed by atoms with Gasteiger partial charge in [0.25, 0.3) is 0 Å². The maximum atomic E-state index is 13.7. The van der Waals surface area contributed by atoms with E-state index in [4.69, 9.17) is 31.9 Å². The lowest BCUT2D eigenvalue weighted by Gasteiger charge is -2.47. The van der Waals surface area contributed by atoms with Gasteiger partial charge in [0.15, 0.2) is 33.3 Å². The van der Waals surface area contributed by atoms with Gasteiger partial charge in [0.05, 0.1) is 50.2 Å². The molecule has 1 aromatic rings. The molecule has 0 amide bonds. The van der Waals surface area contributed by atoms with E-state index in [2.05, 4.69) is 227 Å². The van der Waals surface area contributed by atoms with Gasteiger partial charge in [-0.05, 0) is 128 Å². The van der Waals surface area contributed by atoms with Crippen LogP contribution in [0.15, 0.2) is 72.9 Å². The fourth-order valence-electron chi connectivity index (χ4n) is 9.46. The molecule has 0 bridgehead atoms. The third-order valence-corrected chi connectivity index (χ3v) is 36.7. The fraction of sp³-hybridized carbons (Fsp3) is 0.766. The molecule has 0 radical (unpaired) electrons. The summed E-state index contributed by atoms with van der Waals surface area (Å²) in [6.45, 7) is 68.9. The Balaban J connectivity index is 2.69. The first-order valence-corrected chi connectivity index (χ1v) is 40.8. The normalized spacial score (nSPS) is 22.9. The number of benzene rings is 1. The van der Waals surface area contributed by atoms with Crippen LogP contribution in [0.4, 0.5) is 0 Å². The van der Waals surface area contributed by atoms with Crippen LogP contribution < -0.4 is 4.74 Å². The minimum absolute atomic E-state index is 0.00786. The van der Waals surface area contributed by atoms with Crippen LogP contribution in [0.5, 0.6) is 5.75 Å². The summed E-state index contributed by atoms with van der Waals surface area (Å²) in [5, 5.41) is 0.0556. The first-order valence-electron chi connectivity index (χ1n) is 29.2. The number of carbonyl (C=O) groups is 1. The molecule has 0 aromatic heterocycles. The second kappa shape index (κ2) is 27.7. The number of hydrogen-bond acceptors (Lipinski definition) is 8. The molecular weight excluding hydrogens is 1010 g/mol. The molecule has 0 spiro atoms. The number of ether oxygens (including phenoxy) is 3. The van der Waals surface area contributed by atoms with Crippen molar-refractivity contribution in [1.82, 2.24) is 0 Å². The Labute approximate surface area is 473 Å². The van der Waals surface area contributed by atoms with Gasteiger partial charge in [-0.2, -0.15) is 0 Å². The molecule has 1 aliphatic heterocycles. The Morgan fingerprint density at radius 3 is 1.61 bits per heavy atom. The van der Waals surface area contributed by atoms with Gasteiger partial charge in [0, 0.05) is 24.2 Å². The van der Waals surface area contributed by atoms with E-state index in [-0.39, 0.29) is 104 Å². The molecule has 1 aliphatic rings.